The molecular weight excluding hydrogens is 278 g/mol. The lowest BCUT2D eigenvalue weighted by Gasteiger charge is -2.24. The molecule has 118 valence electrons. The molecule has 1 N–H and O–H groups in total. The fraction of sp³-hybridized carbons (Fsp3) is 0.471. The molecule has 1 aromatic rings. The van der Waals surface area contributed by atoms with Gasteiger partial charge in [-0.25, -0.2) is 5.01 Å². The van der Waals surface area contributed by atoms with Crippen molar-refractivity contribution in [3.8, 4) is 0 Å². The maximum absolute atomic E-state index is 12.0. The van der Waals surface area contributed by atoms with Gasteiger partial charge in [0.25, 0.3) is 0 Å². The van der Waals surface area contributed by atoms with Crippen LogP contribution in [0.1, 0.15) is 44.2 Å². The van der Waals surface area contributed by atoms with Crippen LogP contribution in [0.2, 0.25) is 0 Å². The van der Waals surface area contributed by atoms with Crippen molar-refractivity contribution in [1.82, 2.24) is 10.3 Å². The number of carbonyl (C=O) groups is 2. The highest BCUT2D eigenvalue weighted by molar-refractivity contribution is 6.04. The van der Waals surface area contributed by atoms with Crippen LogP contribution in [0.5, 0.6) is 0 Å². The number of aryl methyl sites for hydroxylation is 1. The second-order valence-corrected chi connectivity index (χ2v) is 5.74. The highest BCUT2D eigenvalue weighted by atomic mass is 16.2. The molecule has 0 bridgehead atoms. The van der Waals surface area contributed by atoms with E-state index < -0.39 is 0 Å². The van der Waals surface area contributed by atoms with Crippen molar-refractivity contribution >= 4 is 17.5 Å². The first-order valence-corrected chi connectivity index (χ1v) is 7.74. The van der Waals surface area contributed by atoms with Crippen LogP contribution in [0.3, 0.4) is 0 Å². The first-order valence-electron chi connectivity index (χ1n) is 7.74. The molecule has 1 heterocycles. The van der Waals surface area contributed by atoms with Crippen molar-refractivity contribution in [1.29, 1.82) is 0 Å². The molecule has 0 aliphatic carbocycles. The Balaban J connectivity index is 2.09. The predicted molar refractivity (Wildman–Crippen MR) is 86.6 cm³/mol. The van der Waals surface area contributed by atoms with E-state index in [9.17, 15) is 9.59 Å². The van der Waals surface area contributed by atoms with E-state index in [1.807, 2.05) is 45.0 Å². The second kappa shape index (κ2) is 7.20. The van der Waals surface area contributed by atoms with Gasteiger partial charge in [0.2, 0.25) is 11.8 Å². The molecule has 0 unspecified atom stereocenters. The quantitative estimate of drug-likeness (QED) is 0.906. The van der Waals surface area contributed by atoms with E-state index in [2.05, 4.69) is 10.4 Å². The Bertz CT molecular complexity index is 578. The van der Waals surface area contributed by atoms with E-state index in [1.54, 1.807) is 0 Å². The Hall–Kier alpha value is -2.17. The molecule has 0 saturated carbocycles. The molecule has 1 aromatic carbocycles. The lowest BCUT2D eigenvalue weighted by atomic mass is 10.0. The summed E-state index contributed by atoms with van der Waals surface area (Å²) in [6.45, 7) is 5.96. The van der Waals surface area contributed by atoms with Crippen LogP contribution >= 0.6 is 0 Å². The summed E-state index contributed by atoms with van der Waals surface area (Å²) in [5, 5.41) is 8.52. The topological polar surface area (TPSA) is 61.8 Å². The average molecular weight is 301 g/mol. The van der Waals surface area contributed by atoms with Gasteiger partial charge in [-0.2, -0.15) is 5.10 Å². The summed E-state index contributed by atoms with van der Waals surface area (Å²) >= 11 is 0. The van der Waals surface area contributed by atoms with Crippen molar-refractivity contribution in [2.24, 2.45) is 5.10 Å². The normalized spacial score (nSPS) is 16.2. The first kappa shape index (κ1) is 16.2. The third-order valence-corrected chi connectivity index (χ3v) is 3.80. The van der Waals surface area contributed by atoms with Crippen LogP contribution in [0.4, 0.5) is 0 Å². The third kappa shape index (κ3) is 4.16. The largest absolute Gasteiger partial charge is 0.352 e. The molecule has 0 spiro atoms. The minimum atomic E-state index is -0.170. The number of nitrogens with zero attached hydrogens (tertiary/aromatic N) is 2. The van der Waals surface area contributed by atoms with E-state index in [1.165, 1.54) is 10.6 Å². The van der Waals surface area contributed by atoms with E-state index in [0.717, 1.165) is 17.7 Å². The minimum absolute atomic E-state index is 0.0153. The van der Waals surface area contributed by atoms with Gasteiger partial charge in [-0.05, 0) is 25.8 Å². The van der Waals surface area contributed by atoms with Crippen molar-refractivity contribution in [2.45, 2.75) is 46.1 Å². The molecule has 22 heavy (non-hydrogen) atoms. The number of hydrogen-bond donors (Lipinski definition) is 1. The Morgan fingerprint density at radius 3 is 2.64 bits per heavy atom. The molecule has 2 rings (SSSR count). The Kier molecular flexibility index (Phi) is 5.31. The Morgan fingerprint density at radius 2 is 2.00 bits per heavy atom. The number of carbonyl (C=O) groups excluding carboxylic acids is 2. The fourth-order valence-corrected chi connectivity index (χ4v) is 2.24. The van der Waals surface area contributed by atoms with Crippen LogP contribution in [0, 0.1) is 6.92 Å². The summed E-state index contributed by atoms with van der Waals surface area (Å²) in [7, 11) is 0. The van der Waals surface area contributed by atoms with Crippen molar-refractivity contribution in [3.63, 3.8) is 0 Å². The highest BCUT2D eigenvalue weighted by Gasteiger charge is 2.23. The van der Waals surface area contributed by atoms with E-state index >= 15 is 0 Å². The van der Waals surface area contributed by atoms with Gasteiger partial charge in [-0.15, -0.1) is 0 Å². The zero-order valence-electron chi connectivity index (χ0n) is 13.4. The summed E-state index contributed by atoms with van der Waals surface area (Å²) in [6.07, 6.45) is 1.87. The number of rotatable bonds is 5. The van der Waals surface area contributed by atoms with Crippen LogP contribution < -0.4 is 5.32 Å². The fourth-order valence-electron chi connectivity index (χ4n) is 2.24. The number of nitrogens with one attached hydrogen (secondary N) is 1. The standard InChI is InChI=1S/C17H23N3O2/c1-4-13(3)18-16(21)11-20-17(22)10-9-15(19-20)14-7-5-12(2)6-8-14/h5-8,13H,4,9-11H2,1-3H3,(H,18,21)/t13-/m0/s1. The summed E-state index contributed by atoms with van der Waals surface area (Å²) in [5.74, 6) is -0.272. The van der Waals surface area contributed by atoms with Crippen molar-refractivity contribution in [2.75, 3.05) is 6.54 Å². The van der Waals surface area contributed by atoms with Gasteiger partial charge in [0.15, 0.2) is 0 Å². The van der Waals surface area contributed by atoms with E-state index in [-0.39, 0.29) is 24.4 Å². The summed E-state index contributed by atoms with van der Waals surface area (Å²) in [6, 6.07) is 8.15. The first-order chi connectivity index (χ1) is 10.5. The molecule has 0 aromatic heterocycles. The molecule has 0 radical (unpaired) electrons. The van der Waals surface area contributed by atoms with Gasteiger partial charge in [0, 0.05) is 18.9 Å². The van der Waals surface area contributed by atoms with Gasteiger partial charge in [0.05, 0.1) is 5.71 Å². The number of hydrazone groups is 1. The van der Waals surface area contributed by atoms with Gasteiger partial charge in [-0.3, -0.25) is 9.59 Å². The van der Waals surface area contributed by atoms with Crippen LogP contribution in [-0.2, 0) is 9.59 Å². The third-order valence-electron chi connectivity index (χ3n) is 3.80. The monoisotopic (exact) mass is 301 g/mol. The van der Waals surface area contributed by atoms with E-state index in [0.29, 0.717) is 12.8 Å². The maximum atomic E-state index is 12.0. The molecular formula is C17H23N3O2. The average Bonchev–Trinajstić information content (AvgIpc) is 2.50. The van der Waals surface area contributed by atoms with Gasteiger partial charge < -0.3 is 5.32 Å². The van der Waals surface area contributed by atoms with Crippen LogP contribution in [-0.4, -0.2) is 35.1 Å². The minimum Gasteiger partial charge on any atom is -0.352 e. The Morgan fingerprint density at radius 1 is 1.32 bits per heavy atom. The number of hydrogen-bond acceptors (Lipinski definition) is 3. The predicted octanol–water partition coefficient (Wildman–Crippen LogP) is 2.24. The van der Waals surface area contributed by atoms with Gasteiger partial charge >= 0.3 is 0 Å². The number of amides is 2. The molecule has 0 saturated heterocycles. The molecule has 1 aliphatic heterocycles. The molecule has 5 heteroatoms. The smallest absolute Gasteiger partial charge is 0.243 e. The molecule has 5 nitrogen and oxygen atoms in total. The lowest BCUT2D eigenvalue weighted by molar-refractivity contribution is -0.136. The van der Waals surface area contributed by atoms with Crippen molar-refractivity contribution in [3.05, 3.63) is 35.4 Å². The molecule has 1 aliphatic rings. The van der Waals surface area contributed by atoms with Gasteiger partial charge in [0.1, 0.15) is 6.54 Å². The maximum Gasteiger partial charge on any atom is 0.243 e. The second-order valence-electron chi connectivity index (χ2n) is 5.74. The zero-order valence-corrected chi connectivity index (χ0v) is 13.4. The van der Waals surface area contributed by atoms with Gasteiger partial charge in [-0.1, -0.05) is 36.8 Å². The number of benzene rings is 1. The van der Waals surface area contributed by atoms with Crippen molar-refractivity contribution < 1.29 is 9.59 Å². The summed E-state index contributed by atoms with van der Waals surface area (Å²) in [5.41, 5.74) is 3.04. The highest BCUT2D eigenvalue weighted by Crippen LogP contribution is 2.15. The van der Waals surface area contributed by atoms with Crippen LogP contribution in [0.15, 0.2) is 29.4 Å². The molecule has 0 fully saturated rings. The Labute approximate surface area is 131 Å². The SMILES string of the molecule is CC[C@H](C)NC(=O)CN1N=C(c2ccc(C)cc2)CCC1=O. The van der Waals surface area contributed by atoms with E-state index in [4.69, 9.17) is 0 Å². The molecule has 2 amide bonds. The lowest BCUT2D eigenvalue weighted by Crippen LogP contribution is -2.42. The summed E-state index contributed by atoms with van der Waals surface area (Å²) in [4.78, 5) is 23.9. The molecule has 1 atom stereocenters. The zero-order chi connectivity index (χ0) is 16.1. The summed E-state index contributed by atoms with van der Waals surface area (Å²) < 4.78 is 0. The van der Waals surface area contributed by atoms with Crippen LogP contribution in [0.25, 0.3) is 0 Å².